The van der Waals surface area contributed by atoms with Gasteiger partial charge in [-0.2, -0.15) is 0 Å². The fraction of sp³-hybridized carbons (Fsp3) is 0.533. The third-order valence-corrected chi connectivity index (χ3v) is 3.07. The van der Waals surface area contributed by atoms with Crippen molar-refractivity contribution in [2.45, 2.75) is 13.0 Å². The number of para-hydroxylation sites is 1. The number of nitrogens with one attached hydrogen (secondary N) is 1. The van der Waals surface area contributed by atoms with E-state index in [1.54, 1.807) is 0 Å². The van der Waals surface area contributed by atoms with Gasteiger partial charge < -0.3 is 16.0 Å². The molecule has 20 heavy (non-hydrogen) atoms. The largest absolute Gasteiger partial charge is 0.326 e. The molecule has 1 aromatic rings. The minimum atomic E-state index is -0.00162. The van der Waals surface area contributed by atoms with Crippen LogP contribution < -0.4 is 11.1 Å². The van der Waals surface area contributed by atoms with Crippen molar-refractivity contribution in [3.8, 4) is 0 Å². The summed E-state index contributed by atoms with van der Waals surface area (Å²) in [6, 6.07) is 7.63. The number of amides is 1. The smallest absolute Gasteiger partial charge is 0.238 e. The average Bonchev–Trinajstić information content (AvgIpc) is 2.38. The first kappa shape index (κ1) is 16.6. The summed E-state index contributed by atoms with van der Waals surface area (Å²) in [5, 5.41) is 2.92. The van der Waals surface area contributed by atoms with Crippen LogP contribution in [-0.4, -0.2) is 56.5 Å². The van der Waals surface area contributed by atoms with E-state index in [4.69, 9.17) is 5.73 Å². The Morgan fingerprint density at radius 1 is 1.20 bits per heavy atom. The number of carbonyl (C=O) groups excluding carboxylic acids is 1. The van der Waals surface area contributed by atoms with Crippen LogP contribution in [0.4, 0.5) is 5.69 Å². The predicted octanol–water partition coefficient (Wildman–Crippen LogP) is 0.967. The van der Waals surface area contributed by atoms with Crippen LogP contribution in [0, 0.1) is 0 Å². The highest BCUT2D eigenvalue weighted by Gasteiger charge is 2.08. The molecule has 0 spiro atoms. The van der Waals surface area contributed by atoms with Gasteiger partial charge in [-0.15, -0.1) is 0 Å². The van der Waals surface area contributed by atoms with Crippen LogP contribution in [0.1, 0.15) is 12.0 Å². The molecule has 0 fully saturated rings. The van der Waals surface area contributed by atoms with Gasteiger partial charge in [-0.1, -0.05) is 18.2 Å². The van der Waals surface area contributed by atoms with E-state index in [1.165, 1.54) is 0 Å². The number of rotatable bonds is 8. The van der Waals surface area contributed by atoms with E-state index in [1.807, 2.05) is 36.2 Å². The van der Waals surface area contributed by atoms with Gasteiger partial charge in [0.25, 0.3) is 0 Å². The second-order valence-corrected chi connectivity index (χ2v) is 5.30. The quantitative estimate of drug-likeness (QED) is 0.744. The summed E-state index contributed by atoms with van der Waals surface area (Å²) in [6.07, 6.45) is 1.05. The van der Waals surface area contributed by atoms with Crippen molar-refractivity contribution in [1.29, 1.82) is 0 Å². The number of carbonyl (C=O) groups is 1. The van der Waals surface area contributed by atoms with Crippen molar-refractivity contribution in [2.75, 3.05) is 46.1 Å². The third kappa shape index (κ3) is 6.14. The molecule has 0 radical (unpaired) electrons. The molecule has 0 aliphatic carbocycles. The Morgan fingerprint density at radius 2 is 1.90 bits per heavy atom. The monoisotopic (exact) mass is 278 g/mol. The summed E-state index contributed by atoms with van der Waals surface area (Å²) in [5.41, 5.74) is 7.42. The van der Waals surface area contributed by atoms with Crippen LogP contribution in [0.2, 0.25) is 0 Å². The first-order valence-electron chi connectivity index (χ1n) is 6.94. The molecule has 1 amide bonds. The Kier molecular flexibility index (Phi) is 7.22. The Bertz CT molecular complexity index is 420. The lowest BCUT2D eigenvalue weighted by Crippen LogP contribution is -2.32. The molecule has 0 saturated heterocycles. The van der Waals surface area contributed by atoms with Gasteiger partial charge in [-0.3, -0.25) is 9.69 Å². The van der Waals surface area contributed by atoms with E-state index < -0.39 is 0 Å². The molecule has 0 saturated carbocycles. The molecular formula is C15H26N4O. The Hall–Kier alpha value is -1.43. The zero-order valence-electron chi connectivity index (χ0n) is 12.7. The molecule has 112 valence electrons. The minimum absolute atomic E-state index is 0.00162. The molecule has 1 aromatic carbocycles. The van der Waals surface area contributed by atoms with Crippen LogP contribution in [0.15, 0.2) is 24.3 Å². The van der Waals surface area contributed by atoms with Gasteiger partial charge in [-0.05, 0) is 52.3 Å². The summed E-state index contributed by atoms with van der Waals surface area (Å²) in [4.78, 5) is 16.2. The fourth-order valence-corrected chi connectivity index (χ4v) is 1.99. The minimum Gasteiger partial charge on any atom is -0.326 e. The summed E-state index contributed by atoms with van der Waals surface area (Å²) in [7, 11) is 6.07. The van der Waals surface area contributed by atoms with Gasteiger partial charge in [0.05, 0.1) is 6.54 Å². The number of nitrogens with zero attached hydrogens (tertiary/aromatic N) is 2. The highest BCUT2D eigenvalue weighted by atomic mass is 16.2. The van der Waals surface area contributed by atoms with E-state index in [2.05, 4.69) is 24.3 Å². The zero-order chi connectivity index (χ0) is 15.0. The molecule has 0 unspecified atom stereocenters. The molecule has 3 N–H and O–H groups in total. The van der Waals surface area contributed by atoms with Gasteiger partial charge in [-0.25, -0.2) is 0 Å². The highest BCUT2D eigenvalue weighted by molar-refractivity contribution is 5.92. The first-order valence-corrected chi connectivity index (χ1v) is 6.94. The van der Waals surface area contributed by atoms with Crippen LogP contribution in [-0.2, 0) is 11.3 Å². The number of anilines is 1. The van der Waals surface area contributed by atoms with Gasteiger partial charge in [0.15, 0.2) is 0 Å². The van der Waals surface area contributed by atoms with Gasteiger partial charge >= 0.3 is 0 Å². The van der Waals surface area contributed by atoms with Gasteiger partial charge in [0, 0.05) is 12.2 Å². The first-order chi connectivity index (χ1) is 9.52. The van der Waals surface area contributed by atoms with Crippen LogP contribution in [0.3, 0.4) is 0 Å². The Labute approximate surface area is 121 Å². The second-order valence-electron chi connectivity index (χ2n) is 5.30. The Balaban J connectivity index is 2.39. The molecule has 1 rings (SSSR count). The summed E-state index contributed by atoms with van der Waals surface area (Å²) >= 11 is 0. The number of benzene rings is 1. The topological polar surface area (TPSA) is 61.6 Å². The summed E-state index contributed by atoms with van der Waals surface area (Å²) in [6.45, 7) is 2.76. The van der Waals surface area contributed by atoms with E-state index in [9.17, 15) is 4.79 Å². The van der Waals surface area contributed by atoms with E-state index in [0.717, 1.165) is 30.8 Å². The highest BCUT2D eigenvalue weighted by Crippen LogP contribution is 2.13. The second kappa shape index (κ2) is 8.68. The molecule has 0 bridgehead atoms. The zero-order valence-corrected chi connectivity index (χ0v) is 12.7. The van der Waals surface area contributed by atoms with Crippen molar-refractivity contribution in [3.05, 3.63) is 29.8 Å². The molecule has 0 atom stereocenters. The summed E-state index contributed by atoms with van der Waals surface area (Å²) in [5.74, 6) is -0.00162. The van der Waals surface area contributed by atoms with Crippen molar-refractivity contribution < 1.29 is 4.79 Å². The van der Waals surface area contributed by atoms with Crippen molar-refractivity contribution in [2.24, 2.45) is 5.73 Å². The third-order valence-electron chi connectivity index (χ3n) is 3.07. The SMILES string of the molecule is CN(C)CCCN(C)CC(=O)Nc1ccccc1CN. The van der Waals surface area contributed by atoms with E-state index in [-0.39, 0.29) is 5.91 Å². The van der Waals surface area contributed by atoms with Crippen molar-refractivity contribution in [3.63, 3.8) is 0 Å². The van der Waals surface area contributed by atoms with E-state index >= 15 is 0 Å². The fourth-order valence-electron chi connectivity index (χ4n) is 1.99. The maximum atomic E-state index is 12.0. The molecule has 5 nitrogen and oxygen atoms in total. The predicted molar refractivity (Wildman–Crippen MR) is 83.6 cm³/mol. The maximum Gasteiger partial charge on any atom is 0.238 e. The lowest BCUT2D eigenvalue weighted by atomic mass is 10.2. The van der Waals surface area contributed by atoms with Gasteiger partial charge in [0.2, 0.25) is 5.91 Å². The average molecular weight is 278 g/mol. The number of hydrogen-bond acceptors (Lipinski definition) is 4. The lowest BCUT2D eigenvalue weighted by molar-refractivity contribution is -0.117. The molecular weight excluding hydrogens is 252 g/mol. The number of likely N-dealkylation sites (N-methyl/N-ethyl adjacent to an activating group) is 1. The molecule has 5 heteroatoms. The van der Waals surface area contributed by atoms with Crippen LogP contribution in [0.25, 0.3) is 0 Å². The Morgan fingerprint density at radius 3 is 2.55 bits per heavy atom. The van der Waals surface area contributed by atoms with Crippen molar-refractivity contribution >= 4 is 11.6 Å². The summed E-state index contributed by atoms with van der Waals surface area (Å²) < 4.78 is 0. The molecule has 0 heterocycles. The van der Waals surface area contributed by atoms with Crippen LogP contribution in [0.5, 0.6) is 0 Å². The standard InChI is InChI=1S/C15H26N4O/c1-18(2)9-6-10-19(3)12-15(20)17-14-8-5-4-7-13(14)11-16/h4-5,7-8H,6,9-12,16H2,1-3H3,(H,17,20). The molecule has 0 aliphatic heterocycles. The van der Waals surface area contributed by atoms with Crippen LogP contribution >= 0.6 is 0 Å². The lowest BCUT2D eigenvalue weighted by Gasteiger charge is -2.18. The van der Waals surface area contributed by atoms with Gasteiger partial charge in [0.1, 0.15) is 0 Å². The van der Waals surface area contributed by atoms with E-state index in [0.29, 0.717) is 13.1 Å². The maximum absolute atomic E-state index is 12.0. The number of nitrogens with two attached hydrogens (primary N) is 1. The number of hydrogen-bond donors (Lipinski definition) is 2. The molecule has 0 aliphatic rings. The molecule has 0 aromatic heterocycles. The normalized spacial score (nSPS) is 11.1. The van der Waals surface area contributed by atoms with Crippen molar-refractivity contribution in [1.82, 2.24) is 9.80 Å².